The second-order valence-corrected chi connectivity index (χ2v) is 5.00. The van der Waals surface area contributed by atoms with E-state index in [-0.39, 0.29) is 11.9 Å². The minimum Gasteiger partial charge on any atom is -0.349 e. The molecule has 1 aromatic rings. The van der Waals surface area contributed by atoms with Gasteiger partial charge < -0.3 is 10.2 Å². The molecule has 0 bridgehead atoms. The van der Waals surface area contributed by atoms with Crippen LogP contribution in [-0.4, -0.2) is 42.5 Å². The quantitative estimate of drug-likeness (QED) is 0.812. The molecule has 0 aliphatic carbocycles. The number of hydrogen-bond acceptors (Lipinski definition) is 4. The normalized spacial score (nSPS) is 12.4. The largest absolute Gasteiger partial charge is 0.349 e. The van der Waals surface area contributed by atoms with Crippen molar-refractivity contribution < 1.29 is 4.79 Å². The summed E-state index contributed by atoms with van der Waals surface area (Å²) in [4.78, 5) is 17.3. The van der Waals surface area contributed by atoms with Gasteiger partial charge in [0.15, 0.2) is 0 Å². The van der Waals surface area contributed by atoms with Crippen molar-refractivity contribution in [1.29, 1.82) is 0 Å². The van der Waals surface area contributed by atoms with Gasteiger partial charge in [0, 0.05) is 51.1 Å². The van der Waals surface area contributed by atoms with Gasteiger partial charge in [-0.3, -0.25) is 4.79 Å². The molecule has 1 rings (SSSR count). The molecule has 1 aromatic heterocycles. The van der Waals surface area contributed by atoms with Gasteiger partial charge in [0.25, 0.3) is 0 Å². The van der Waals surface area contributed by atoms with E-state index in [0.717, 1.165) is 18.0 Å². The van der Waals surface area contributed by atoms with Gasteiger partial charge in [0.2, 0.25) is 5.91 Å². The van der Waals surface area contributed by atoms with E-state index in [1.165, 1.54) is 0 Å². The number of hydrogen-bond donors (Lipinski definition) is 1. The summed E-state index contributed by atoms with van der Waals surface area (Å²) < 4.78 is 0. The summed E-state index contributed by atoms with van der Waals surface area (Å²) in [5.74, 6) is 0.161. The number of carbonyl (C=O) groups is 1. The van der Waals surface area contributed by atoms with Crippen LogP contribution in [0.3, 0.4) is 0 Å². The summed E-state index contributed by atoms with van der Waals surface area (Å²) in [5, 5.41) is 6.44. The van der Waals surface area contributed by atoms with Crippen molar-refractivity contribution in [1.82, 2.24) is 15.2 Å². The third kappa shape index (κ3) is 4.72. The monoisotopic (exact) mass is 241 g/mol. The maximum absolute atomic E-state index is 11.4. The molecule has 0 radical (unpaired) electrons. The van der Waals surface area contributed by atoms with Gasteiger partial charge in [-0.25, -0.2) is 4.98 Å². The van der Waals surface area contributed by atoms with E-state index >= 15 is 0 Å². The predicted molar refractivity (Wildman–Crippen MR) is 66.6 cm³/mol. The SMILES string of the molecule is CC(CC(=O)N(C)C)NCCc1nccs1. The molecule has 0 fully saturated rings. The lowest BCUT2D eigenvalue weighted by atomic mass is 10.2. The molecule has 1 unspecified atom stereocenters. The van der Waals surface area contributed by atoms with Crippen LogP contribution in [0, 0.1) is 0 Å². The molecule has 1 amide bonds. The molecule has 90 valence electrons. The molecule has 0 saturated carbocycles. The summed E-state index contributed by atoms with van der Waals surface area (Å²) in [5.41, 5.74) is 0. The van der Waals surface area contributed by atoms with Crippen LogP contribution in [-0.2, 0) is 11.2 Å². The Kier molecular flexibility index (Phi) is 5.42. The average Bonchev–Trinajstić information content (AvgIpc) is 2.70. The Bertz CT molecular complexity index is 311. The molecular weight excluding hydrogens is 222 g/mol. The van der Waals surface area contributed by atoms with Gasteiger partial charge >= 0.3 is 0 Å². The summed E-state index contributed by atoms with van der Waals surface area (Å²) >= 11 is 1.67. The Labute approximate surface area is 101 Å². The molecule has 0 saturated heterocycles. The van der Waals surface area contributed by atoms with Crippen LogP contribution >= 0.6 is 11.3 Å². The predicted octanol–water partition coefficient (Wildman–Crippen LogP) is 1.14. The topological polar surface area (TPSA) is 45.2 Å². The second-order valence-electron chi connectivity index (χ2n) is 4.02. The van der Waals surface area contributed by atoms with Gasteiger partial charge in [0.05, 0.1) is 5.01 Å². The van der Waals surface area contributed by atoms with Crippen LogP contribution in [0.2, 0.25) is 0 Å². The van der Waals surface area contributed by atoms with Crippen molar-refractivity contribution in [3.05, 3.63) is 16.6 Å². The molecule has 0 spiro atoms. The molecule has 0 aliphatic rings. The highest BCUT2D eigenvalue weighted by atomic mass is 32.1. The van der Waals surface area contributed by atoms with E-state index in [4.69, 9.17) is 0 Å². The van der Waals surface area contributed by atoms with Gasteiger partial charge in [0.1, 0.15) is 0 Å². The van der Waals surface area contributed by atoms with Crippen LogP contribution in [0.4, 0.5) is 0 Å². The van der Waals surface area contributed by atoms with E-state index in [2.05, 4.69) is 10.3 Å². The highest BCUT2D eigenvalue weighted by Gasteiger charge is 2.09. The Morgan fingerprint density at radius 3 is 2.94 bits per heavy atom. The summed E-state index contributed by atoms with van der Waals surface area (Å²) in [7, 11) is 3.56. The first kappa shape index (κ1) is 13.1. The van der Waals surface area contributed by atoms with Crippen molar-refractivity contribution in [3.8, 4) is 0 Å². The first-order chi connectivity index (χ1) is 7.59. The molecule has 1 atom stereocenters. The number of amides is 1. The van der Waals surface area contributed by atoms with Crippen LogP contribution in [0.1, 0.15) is 18.4 Å². The van der Waals surface area contributed by atoms with Gasteiger partial charge in [-0.05, 0) is 6.92 Å². The fourth-order valence-corrected chi connectivity index (χ4v) is 1.94. The summed E-state index contributed by atoms with van der Waals surface area (Å²) in [6.07, 6.45) is 3.29. The maximum Gasteiger partial charge on any atom is 0.223 e. The first-order valence-corrected chi connectivity index (χ1v) is 6.29. The minimum absolute atomic E-state index is 0.161. The van der Waals surface area contributed by atoms with Crippen molar-refractivity contribution in [2.75, 3.05) is 20.6 Å². The number of thiazole rings is 1. The second kappa shape index (κ2) is 6.60. The molecule has 0 aliphatic heterocycles. The molecule has 1 heterocycles. The highest BCUT2D eigenvalue weighted by molar-refractivity contribution is 7.09. The molecule has 0 aromatic carbocycles. The summed E-state index contributed by atoms with van der Waals surface area (Å²) in [6, 6.07) is 0.217. The van der Waals surface area contributed by atoms with Crippen LogP contribution in [0.15, 0.2) is 11.6 Å². The van der Waals surface area contributed by atoms with E-state index in [9.17, 15) is 4.79 Å². The van der Waals surface area contributed by atoms with E-state index in [0.29, 0.717) is 6.42 Å². The fourth-order valence-electron chi connectivity index (χ4n) is 1.32. The Morgan fingerprint density at radius 1 is 1.62 bits per heavy atom. The fraction of sp³-hybridized carbons (Fsp3) is 0.636. The summed E-state index contributed by atoms with van der Waals surface area (Å²) in [6.45, 7) is 2.90. The Balaban J connectivity index is 2.15. The number of rotatable bonds is 6. The molecule has 1 N–H and O–H groups in total. The van der Waals surface area contributed by atoms with Gasteiger partial charge in [-0.1, -0.05) is 0 Å². The van der Waals surface area contributed by atoms with Crippen LogP contribution in [0.5, 0.6) is 0 Å². The van der Waals surface area contributed by atoms with Gasteiger partial charge in [-0.2, -0.15) is 0 Å². The minimum atomic E-state index is 0.161. The molecule has 4 nitrogen and oxygen atoms in total. The molecule has 5 heteroatoms. The highest BCUT2D eigenvalue weighted by Crippen LogP contribution is 2.04. The van der Waals surface area contributed by atoms with Crippen molar-refractivity contribution in [3.63, 3.8) is 0 Å². The van der Waals surface area contributed by atoms with Gasteiger partial charge in [-0.15, -0.1) is 11.3 Å². The lowest BCUT2D eigenvalue weighted by Gasteiger charge is -2.16. The number of aromatic nitrogens is 1. The third-order valence-electron chi connectivity index (χ3n) is 2.29. The standard InChI is InChI=1S/C11H19N3OS/c1-9(8-11(15)14(2)3)12-5-4-10-13-6-7-16-10/h6-7,9,12H,4-5,8H2,1-3H3. The maximum atomic E-state index is 11.4. The molecular formula is C11H19N3OS. The lowest BCUT2D eigenvalue weighted by molar-refractivity contribution is -0.129. The molecule has 16 heavy (non-hydrogen) atoms. The average molecular weight is 241 g/mol. The first-order valence-electron chi connectivity index (χ1n) is 5.41. The number of carbonyl (C=O) groups excluding carboxylic acids is 1. The number of nitrogens with one attached hydrogen (secondary N) is 1. The Morgan fingerprint density at radius 2 is 2.38 bits per heavy atom. The third-order valence-corrected chi connectivity index (χ3v) is 3.13. The zero-order chi connectivity index (χ0) is 12.0. The number of nitrogens with zero attached hydrogens (tertiary/aromatic N) is 2. The van der Waals surface area contributed by atoms with E-state index < -0.39 is 0 Å². The van der Waals surface area contributed by atoms with Crippen molar-refractivity contribution >= 4 is 17.2 Å². The Hall–Kier alpha value is -0.940. The zero-order valence-corrected chi connectivity index (χ0v) is 10.9. The van der Waals surface area contributed by atoms with E-state index in [1.807, 2.05) is 18.5 Å². The van der Waals surface area contributed by atoms with Crippen molar-refractivity contribution in [2.24, 2.45) is 0 Å². The van der Waals surface area contributed by atoms with Crippen LogP contribution < -0.4 is 5.32 Å². The van der Waals surface area contributed by atoms with Crippen LogP contribution in [0.25, 0.3) is 0 Å². The van der Waals surface area contributed by atoms with E-state index in [1.54, 1.807) is 30.3 Å². The lowest BCUT2D eigenvalue weighted by Crippen LogP contribution is -2.34. The van der Waals surface area contributed by atoms with Crippen molar-refractivity contribution in [2.45, 2.75) is 25.8 Å². The smallest absolute Gasteiger partial charge is 0.223 e. The zero-order valence-electron chi connectivity index (χ0n) is 10.1.